The molecule has 168 valence electrons. The standard InChI is InChI=1S/C23H26ClN5O3/c1-31-14-9-25-23(30)21-17-5-3-4-6-18(17)22(27-26-21)29-12-10-28(11-13-29)19-15-16(24)7-8-20(19)32-2/h3-8,15H,9-14H2,1-2H3,(H,25,30). The molecule has 0 saturated carbocycles. The number of carbonyl (C=O) groups excluding carboxylic acids is 1. The van der Waals surface area contributed by atoms with Gasteiger partial charge in [0.2, 0.25) is 0 Å². The van der Waals surface area contributed by atoms with Crippen LogP contribution in [0.1, 0.15) is 10.5 Å². The van der Waals surface area contributed by atoms with E-state index < -0.39 is 0 Å². The fraction of sp³-hybridized carbons (Fsp3) is 0.348. The number of anilines is 2. The van der Waals surface area contributed by atoms with Gasteiger partial charge in [-0.2, -0.15) is 0 Å². The highest BCUT2D eigenvalue weighted by atomic mass is 35.5. The average molecular weight is 456 g/mol. The second kappa shape index (κ2) is 10.0. The van der Waals surface area contributed by atoms with Crippen molar-refractivity contribution in [2.45, 2.75) is 0 Å². The number of rotatable bonds is 7. The first-order chi connectivity index (χ1) is 15.6. The number of methoxy groups -OCH3 is 2. The van der Waals surface area contributed by atoms with Crippen molar-refractivity contribution < 1.29 is 14.3 Å². The summed E-state index contributed by atoms with van der Waals surface area (Å²) in [6.45, 7) is 3.94. The summed E-state index contributed by atoms with van der Waals surface area (Å²) in [7, 11) is 3.26. The Labute approximate surface area is 192 Å². The molecule has 2 aromatic carbocycles. The number of aromatic nitrogens is 2. The zero-order valence-electron chi connectivity index (χ0n) is 18.2. The maximum absolute atomic E-state index is 12.6. The molecule has 1 aliphatic rings. The van der Waals surface area contributed by atoms with Crippen molar-refractivity contribution in [1.82, 2.24) is 15.5 Å². The Morgan fingerprint density at radius 1 is 1.03 bits per heavy atom. The maximum atomic E-state index is 12.6. The molecule has 9 heteroatoms. The van der Waals surface area contributed by atoms with Gasteiger partial charge in [0.05, 0.1) is 19.4 Å². The lowest BCUT2D eigenvalue weighted by Crippen LogP contribution is -2.47. The van der Waals surface area contributed by atoms with Crippen LogP contribution in [0.3, 0.4) is 0 Å². The first kappa shape index (κ1) is 22.1. The monoisotopic (exact) mass is 455 g/mol. The highest BCUT2D eigenvalue weighted by Gasteiger charge is 2.24. The maximum Gasteiger partial charge on any atom is 0.272 e. The lowest BCUT2D eigenvalue weighted by atomic mass is 10.1. The van der Waals surface area contributed by atoms with Crippen molar-refractivity contribution >= 4 is 39.8 Å². The van der Waals surface area contributed by atoms with E-state index in [1.54, 1.807) is 14.2 Å². The Kier molecular flexibility index (Phi) is 6.92. The number of carbonyl (C=O) groups is 1. The molecular weight excluding hydrogens is 430 g/mol. The van der Waals surface area contributed by atoms with E-state index in [1.807, 2.05) is 42.5 Å². The molecule has 4 rings (SSSR count). The number of nitrogens with zero attached hydrogens (tertiary/aromatic N) is 4. The van der Waals surface area contributed by atoms with Gasteiger partial charge in [0.15, 0.2) is 11.5 Å². The molecule has 1 aliphatic heterocycles. The number of nitrogens with one attached hydrogen (secondary N) is 1. The zero-order valence-corrected chi connectivity index (χ0v) is 18.9. The summed E-state index contributed by atoms with van der Waals surface area (Å²) in [4.78, 5) is 17.1. The number of piperazine rings is 1. The average Bonchev–Trinajstić information content (AvgIpc) is 2.83. The van der Waals surface area contributed by atoms with Crippen LogP contribution in [0.4, 0.5) is 11.5 Å². The highest BCUT2D eigenvalue weighted by Crippen LogP contribution is 2.33. The molecule has 0 spiro atoms. The van der Waals surface area contributed by atoms with E-state index in [0.29, 0.717) is 23.9 Å². The summed E-state index contributed by atoms with van der Waals surface area (Å²) in [5.41, 5.74) is 1.31. The highest BCUT2D eigenvalue weighted by molar-refractivity contribution is 6.31. The number of hydrogen-bond donors (Lipinski definition) is 1. The van der Waals surface area contributed by atoms with E-state index in [9.17, 15) is 4.79 Å². The fourth-order valence-electron chi connectivity index (χ4n) is 3.91. The summed E-state index contributed by atoms with van der Waals surface area (Å²) in [6, 6.07) is 13.4. The molecule has 2 heterocycles. The third kappa shape index (κ3) is 4.56. The normalized spacial score (nSPS) is 14.0. The number of ether oxygens (including phenoxy) is 2. The first-order valence-electron chi connectivity index (χ1n) is 10.5. The van der Waals surface area contributed by atoms with Gasteiger partial charge in [-0.05, 0) is 18.2 Å². The predicted molar refractivity (Wildman–Crippen MR) is 126 cm³/mol. The van der Waals surface area contributed by atoms with E-state index in [0.717, 1.165) is 54.2 Å². The summed E-state index contributed by atoms with van der Waals surface area (Å²) < 4.78 is 10.5. The van der Waals surface area contributed by atoms with Crippen LogP contribution in [0.25, 0.3) is 10.8 Å². The minimum atomic E-state index is -0.254. The van der Waals surface area contributed by atoms with Crippen LogP contribution in [0, 0.1) is 0 Å². The molecule has 8 nitrogen and oxygen atoms in total. The Morgan fingerprint density at radius 3 is 2.47 bits per heavy atom. The summed E-state index contributed by atoms with van der Waals surface area (Å²) in [5.74, 6) is 1.33. The van der Waals surface area contributed by atoms with Crippen LogP contribution in [-0.4, -0.2) is 69.7 Å². The molecule has 1 aromatic heterocycles. The van der Waals surface area contributed by atoms with Gasteiger partial charge >= 0.3 is 0 Å². The van der Waals surface area contributed by atoms with Crippen molar-refractivity contribution in [2.75, 3.05) is 63.4 Å². The summed E-state index contributed by atoms with van der Waals surface area (Å²) in [5, 5.41) is 13.9. The quantitative estimate of drug-likeness (QED) is 0.548. The third-order valence-electron chi connectivity index (χ3n) is 5.54. The second-order valence-electron chi connectivity index (χ2n) is 7.46. The van der Waals surface area contributed by atoms with Gasteiger partial charge in [-0.25, -0.2) is 0 Å². The van der Waals surface area contributed by atoms with Crippen molar-refractivity contribution in [2.24, 2.45) is 0 Å². The van der Waals surface area contributed by atoms with Crippen LogP contribution >= 0.6 is 11.6 Å². The van der Waals surface area contributed by atoms with Crippen LogP contribution in [0.2, 0.25) is 5.02 Å². The number of fused-ring (bicyclic) bond motifs is 1. The topological polar surface area (TPSA) is 79.8 Å². The molecule has 3 aromatic rings. The van der Waals surface area contributed by atoms with E-state index >= 15 is 0 Å². The molecule has 0 atom stereocenters. The SMILES string of the molecule is COCCNC(=O)c1nnc(N2CCN(c3cc(Cl)ccc3OC)CC2)c2ccccc12. The first-order valence-corrected chi connectivity index (χ1v) is 10.9. The number of halogens is 1. The lowest BCUT2D eigenvalue weighted by molar-refractivity contribution is 0.0933. The summed E-state index contributed by atoms with van der Waals surface area (Å²) >= 11 is 6.21. The lowest BCUT2D eigenvalue weighted by Gasteiger charge is -2.37. The number of amides is 1. The van der Waals surface area contributed by atoms with Crippen LogP contribution in [0.15, 0.2) is 42.5 Å². The molecule has 0 unspecified atom stereocenters. The minimum absolute atomic E-state index is 0.254. The van der Waals surface area contributed by atoms with Gasteiger partial charge in [-0.3, -0.25) is 4.79 Å². The predicted octanol–water partition coefficient (Wildman–Crippen LogP) is 2.99. The Bertz CT molecular complexity index is 1100. The Balaban J connectivity index is 1.55. The second-order valence-corrected chi connectivity index (χ2v) is 7.89. The molecule has 0 bridgehead atoms. The van der Waals surface area contributed by atoms with Crippen molar-refractivity contribution in [3.05, 3.63) is 53.2 Å². The molecule has 1 saturated heterocycles. The van der Waals surface area contributed by atoms with Crippen molar-refractivity contribution in [1.29, 1.82) is 0 Å². The van der Waals surface area contributed by atoms with Crippen molar-refractivity contribution in [3.63, 3.8) is 0 Å². The molecule has 0 radical (unpaired) electrons. The molecule has 1 N–H and O–H groups in total. The van der Waals surface area contributed by atoms with Gasteiger partial charge in [-0.1, -0.05) is 35.9 Å². The van der Waals surface area contributed by atoms with Crippen LogP contribution < -0.4 is 19.9 Å². The minimum Gasteiger partial charge on any atom is -0.495 e. The molecule has 0 aliphatic carbocycles. The smallest absolute Gasteiger partial charge is 0.272 e. The van der Waals surface area contributed by atoms with Crippen molar-refractivity contribution in [3.8, 4) is 5.75 Å². The van der Waals surface area contributed by atoms with Crippen LogP contribution in [0.5, 0.6) is 5.75 Å². The van der Waals surface area contributed by atoms with Gasteiger partial charge in [0, 0.05) is 55.6 Å². The molecule has 32 heavy (non-hydrogen) atoms. The summed E-state index contributed by atoms with van der Waals surface area (Å²) in [6.07, 6.45) is 0. The Hall–Kier alpha value is -3.10. The van der Waals surface area contributed by atoms with Gasteiger partial charge in [-0.15, -0.1) is 10.2 Å². The van der Waals surface area contributed by atoms with Gasteiger partial charge in [0.1, 0.15) is 5.75 Å². The van der Waals surface area contributed by atoms with E-state index in [2.05, 4.69) is 25.3 Å². The van der Waals surface area contributed by atoms with E-state index in [4.69, 9.17) is 21.1 Å². The molecule has 1 fully saturated rings. The van der Waals surface area contributed by atoms with Crippen LogP contribution in [-0.2, 0) is 4.74 Å². The largest absolute Gasteiger partial charge is 0.495 e. The van der Waals surface area contributed by atoms with Gasteiger partial charge < -0.3 is 24.6 Å². The fourth-order valence-corrected chi connectivity index (χ4v) is 4.08. The number of hydrogen-bond acceptors (Lipinski definition) is 7. The van der Waals surface area contributed by atoms with E-state index in [-0.39, 0.29) is 5.91 Å². The number of benzene rings is 2. The van der Waals surface area contributed by atoms with E-state index in [1.165, 1.54) is 0 Å². The molecule has 1 amide bonds. The Morgan fingerprint density at radius 2 is 1.75 bits per heavy atom. The molecular formula is C23H26ClN5O3. The third-order valence-corrected chi connectivity index (χ3v) is 5.77. The zero-order chi connectivity index (χ0) is 22.5. The van der Waals surface area contributed by atoms with Gasteiger partial charge in [0.25, 0.3) is 5.91 Å².